The molecule has 1 aromatic heterocycles. The Bertz CT molecular complexity index is 1940. The molecule has 0 radical (unpaired) electrons. The fourth-order valence-corrected chi connectivity index (χ4v) is 4.84. The normalized spacial score (nSPS) is 11.2. The molecular weight excluding hydrogens is 596 g/mol. The van der Waals surface area contributed by atoms with Gasteiger partial charge in [-0.15, -0.1) is 0 Å². The van der Waals surface area contributed by atoms with Crippen LogP contribution in [0.25, 0.3) is 11.0 Å². The maximum absolute atomic E-state index is 12.8. The van der Waals surface area contributed by atoms with Crippen LogP contribution < -0.4 is 28.9 Å². The summed E-state index contributed by atoms with van der Waals surface area (Å²) in [6.45, 7) is 0. The summed E-state index contributed by atoms with van der Waals surface area (Å²) < 4.78 is 37.2. The number of rotatable bonds is 10. The van der Waals surface area contributed by atoms with Crippen LogP contribution in [0.1, 0.15) is 10.4 Å². The molecule has 1 amide bonds. The number of anilines is 5. The number of hydrogen-bond donors (Lipinski definition) is 1. The molecule has 0 spiro atoms. The first-order valence-electron chi connectivity index (χ1n) is 13.5. The van der Waals surface area contributed by atoms with E-state index in [4.69, 9.17) is 9.47 Å². The standard InChI is InChI=1S/C31H28N8O5S/c1-38(2)23-11-7-9-20(15-23)31(40)36-37-35-21-10-8-12-24(16-21)39(45(41)42)30-29(33-27-13-5-6-14-28(27)34-30)32-22-17-25(43-3)19-26(18-22)44-4/h5-19H,1-4H3,(H-,32,33,41,42). The molecule has 0 saturated heterocycles. The van der Waals surface area contributed by atoms with Crippen LogP contribution in [0, 0.1) is 0 Å². The van der Waals surface area contributed by atoms with E-state index in [0.717, 1.165) is 9.99 Å². The minimum Gasteiger partial charge on any atom is -0.755 e. The first-order valence-corrected chi connectivity index (χ1v) is 14.5. The van der Waals surface area contributed by atoms with Gasteiger partial charge >= 0.3 is 5.91 Å². The van der Waals surface area contributed by atoms with Crippen molar-refractivity contribution < 1.29 is 23.0 Å². The van der Waals surface area contributed by atoms with Gasteiger partial charge in [0.1, 0.15) is 11.5 Å². The van der Waals surface area contributed by atoms with Gasteiger partial charge < -0.3 is 24.2 Å². The van der Waals surface area contributed by atoms with Crippen LogP contribution in [0.3, 0.4) is 0 Å². The van der Waals surface area contributed by atoms with E-state index in [9.17, 15) is 13.6 Å². The smallest absolute Gasteiger partial charge is 0.360 e. The molecule has 1 atom stereocenters. The van der Waals surface area contributed by atoms with Crippen molar-refractivity contribution >= 4 is 62.6 Å². The first-order chi connectivity index (χ1) is 21.7. The molecule has 13 nitrogen and oxygen atoms in total. The van der Waals surface area contributed by atoms with E-state index in [2.05, 4.69) is 30.4 Å². The monoisotopic (exact) mass is 624 g/mol. The second-order valence-electron chi connectivity index (χ2n) is 9.68. The van der Waals surface area contributed by atoms with E-state index in [1.807, 2.05) is 31.1 Å². The Hall–Kier alpha value is -5.69. The molecule has 5 rings (SSSR count). The van der Waals surface area contributed by atoms with Crippen molar-refractivity contribution in [1.82, 2.24) is 14.9 Å². The van der Waals surface area contributed by atoms with Crippen molar-refractivity contribution in [3.63, 3.8) is 0 Å². The molecule has 14 heteroatoms. The second kappa shape index (κ2) is 13.7. The Labute approximate surface area is 261 Å². The lowest BCUT2D eigenvalue weighted by Gasteiger charge is -2.27. The highest BCUT2D eigenvalue weighted by atomic mass is 32.2. The summed E-state index contributed by atoms with van der Waals surface area (Å²) >= 11 is -2.84. The summed E-state index contributed by atoms with van der Waals surface area (Å²) in [5, 5.41) is 10.9. The van der Waals surface area contributed by atoms with Crippen LogP contribution in [0.2, 0.25) is 0 Å². The van der Waals surface area contributed by atoms with Gasteiger partial charge in [-0.05, 0) is 48.5 Å². The summed E-state index contributed by atoms with van der Waals surface area (Å²) in [7, 11) is 6.78. The van der Waals surface area contributed by atoms with Crippen LogP contribution in [0.5, 0.6) is 11.5 Å². The van der Waals surface area contributed by atoms with E-state index in [0.29, 0.717) is 33.8 Å². The predicted molar refractivity (Wildman–Crippen MR) is 172 cm³/mol. The molecule has 0 bridgehead atoms. The highest BCUT2D eigenvalue weighted by Crippen LogP contribution is 2.36. The number of hydrogen-bond acceptors (Lipinski definition) is 10. The fourth-order valence-electron chi connectivity index (χ4n) is 4.28. The highest BCUT2D eigenvalue weighted by Gasteiger charge is 2.21. The third-order valence-electron chi connectivity index (χ3n) is 6.48. The van der Waals surface area contributed by atoms with Gasteiger partial charge in [-0.2, -0.15) is 0 Å². The molecule has 1 N–H and O–H groups in total. The minimum absolute atomic E-state index is 0.00134. The van der Waals surface area contributed by atoms with Crippen LogP contribution >= 0.6 is 0 Å². The van der Waals surface area contributed by atoms with Gasteiger partial charge in [0.2, 0.25) is 10.0 Å². The molecule has 1 unspecified atom stereocenters. The van der Waals surface area contributed by atoms with Crippen LogP contribution in [0.4, 0.5) is 34.4 Å². The van der Waals surface area contributed by atoms with E-state index in [1.165, 1.54) is 20.3 Å². The highest BCUT2D eigenvalue weighted by molar-refractivity contribution is 7.81. The van der Waals surface area contributed by atoms with Crippen molar-refractivity contribution in [3.8, 4) is 11.5 Å². The van der Waals surface area contributed by atoms with Gasteiger partial charge in [-0.25, -0.2) is 9.97 Å². The number of aromatic nitrogens is 2. The third kappa shape index (κ3) is 7.28. The topological polar surface area (TPSA) is 159 Å². The summed E-state index contributed by atoms with van der Waals surface area (Å²) in [6.07, 6.45) is 0. The molecule has 0 aliphatic heterocycles. The molecule has 0 aliphatic carbocycles. The van der Waals surface area contributed by atoms with Gasteiger partial charge in [0, 0.05) is 43.7 Å². The molecule has 5 aromatic rings. The number of carbonyl (C=O) groups excluding carboxylic acids is 1. The summed E-state index contributed by atoms with van der Waals surface area (Å²) in [6, 6.07) is 25.4. The summed E-state index contributed by atoms with van der Waals surface area (Å²) in [4.78, 5) is 27.5. The van der Waals surface area contributed by atoms with Crippen molar-refractivity contribution in [1.29, 1.82) is 0 Å². The Morgan fingerprint density at radius 3 is 2.20 bits per heavy atom. The lowest BCUT2D eigenvalue weighted by atomic mass is 10.2. The number of benzene rings is 4. The summed E-state index contributed by atoms with van der Waals surface area (Å²) in [5.74, 6) is 0.615. The molecule has 4 aromatic carbocycles. The number of carbonyl (C=O) groups is 1. The van der Waals surface area contributed by atoms with Crippen LogP contribution in [-0.2, 0) is 11.3 Å². The molecule has 0 aliphatic rings. The Balaban J connectivity index is 1.52. The number of para-hydroxylation sites is 2. The number of amides is 1. The van der Waals surface area contributed by atoms with E-state index in [-0.39, 0.29) is 23.0 Å². The number of methoxy groups -OCH3 is 2. The van der Waals surface area contributed by atoms with Gasteiger partial charge in [-0.3, -0.25) is 13.3 Å². The molecule has 228 valence electrons. The number of nitrogens with zero attached hydrogens (tertiary/aromatic N) is 7. The van der Waals surface area contributed by atoms with Gasteiger partial charge in [-0.1, -0.05) is 24.3 Å². The average molecular weight is 625 g/mol. The zero-order valence-corrected chi connectivity index (χ0v) is 25.6. The second-order valence-corrected chi connectivity index (χ2v) is 10.5. The SMILES string of the molecule is COc1cc(Nc2nc3ccccc3nc2N(c2cccc(N=[N+]=NC(=O)c3cccc(N(C)C)c3)c2)S(=O)[O-])cc(OC)c1. The number of ether oxygens (including phenoxy) is 2. The molecule has 0 saturated carbocycles. The maximum Gasteiger partial charge on any atom is 0.360 e. The van der Waals surface area contributed by atoms with E-state index >= 15 is 0 Å². The van der Waals surface area contributed by atoms with E-state index < -0.39 is 17.2 Å². The zero-order valence-electron chi connectivity index (χ0n) is 24.7. The molecule has 45 heavy (non-hydrogen) atoms. The van der Waals surface area contributed by atoms with E-state index in [1.54, 1.807) is 72.8 Å². The lowest BCUT2D eigenvalue weighted by molar-refractivity contribution is 0.0992. The largest absolute Gasteiger partial charge is 0.755 e. The molecule has 1 heterocycles. The van der Waals surface area contributed by atoms with Gasteiger partial charge in [0.05, 0.1) is 47.8 Å². The van der Waals surface area contributed by atoms with Gasteiger partial charge in [0.25, 0.3) is 0 Å². The predicted octanol–water partition coefficient (Wildman–Crippen LogP) is 5.83. The molecular formula is C31H28N8O5S. The third-order valence-corrected chi connectivity index (χ3v) is 7.16. The zero-order chi connectivity index (χ0) is 31.9. The first kappa shape index (κ1) is 30.8. The van der Waals surface area contributed by atoms with Crippen molar-refractivity contribution in [2.75, 3.05) is 42.8 Å². The Kier molecular flexibility index (Phi) is 9.39. The van der Waals surface area contributed by atoms with Crippen molar-refractivity contribution in [3.05, 3.63) is 96.6 Å². The Morgan fingerprint density at radius 1 is 0.867 bits per heavy atom. The van der Waals surface area contributed by atoms with Crippen molar-refractivity contribution in [2.24, 2.45) is 10.2 Å². The van der Waals surface area contributed by atoms with Crippen molar-refractivity contribution in [2.45, 2.75) is 0 Å². The van der Waals surface area contributed by atoms with Crippen LogP contribution in [-0.4, -0.2) is 53.0 Å². The van der Waals surface area contributed by atoms with Crippen LogP contribution in [0.15, 0.2) is 101 Å². The quantitative estimate of drug-likeness (QED) is 0.115. The Morgan fingerprint density at radius 2 is 1.53 bits per heavy atom. The maximum atomic E-state index is 12.8. The fraction of sp³-hybridized carbons (Fsp3) is 0.129. The number of fused-ring (bicyclic) bond motifs is 1. The number of nitrogens with one attached hydrogen (secondary N) is 1. The molecule has 0 fully saturated rings. The van der Waals surface area contributed by atoms with Gasteiger partial charge in [0.15, 0.2) is 22.4 Å². The minimum atomic E-state index is -2.84. The average Bonchev–Trinajstić information content (AvgIpc) is 3.04. The lowest BCUT2D eigenvalue weighted by Crippen LogP contribution is -2.22. The summed E-state index contributed by atoms with van der Waals surface area (Å²) in [5.41, 5.74) is 3.18.